The van der Waals surface area contributed by atoms with Crippen LogP contribution in [0.1, 0.15) is 45.1 Å². The molecule has 0 amide bonds. The maximum atomic E-state index is 9.18. The quantitative estimate of drug-likeness (QED) is 0.658. The van der Waals surface area contributed by atoms with E-state index in [4.69, 9.17) is 0 Å². The Morgan fingerprint density at radius 3 is 2.89 bits per heavy atom. The summed E-state index contributed by atoms with van der Waals surface area (Å²) in [4.78, 5) is 2.45. The van der Waals surface area contributed by atoms with Gasteiger partial charge in [0.1, 0.15) is 0 Å². The van der Waals surface area contributed by atoms with E-state index in [0.29, 0.717) is 5.92 Å². The van der Waals surface area contributed by atoms with E-state index in [1.54, 1.807) is 0 Å². The molecule has 1 aromatic rings. The SMILES string of the molecule is CCCC(C)CN1CCC/C(=N/O)c2ccccc21. The van der Waals surface area contributed by atoms with Crippen LogP contribution in [0.3, 0.4) is 0 Å². The summed E-state index contributed by atoms with van der Waals surface area (Å²) in [5.74, 6) is 0.700. The maximum absolute atomic E-state index is 9.18. The molecule has 0 aliphatic carbocycles. The van der Waals surface area contributed by atoms with E-state index in [2.05, 4.69) is 42.1 Å². The minimum absolute atomic E-state index is 0.700. The molecular weight excluding hydrogens is 236 g/mol. The van der Waals surface area contributed by atoms with Crippen LogP contribution in [0.5, 0.6) is 0 Å². The van der Waals surface area contributed by atoms with Crippen LogP contribution in [0.2, 0.25) is 0 Å². The number of nitrogens with zero attached hydrogens (tertiary/aromatic N) is 2. The van der Waals surface area contributed by atoms with Gasteiger partial charge in [-0.15, -0.1) is 0 Å². The lowest BCUT2D eigenvalue weighted by atomic mass is 10.0. The second kappa shape index (κ2) is 6.60. The Morgan fingerprint density at radius 2 is 2.16 bits per heavy atom. The first-order valence-corrected chi connectivity index (χ1v) is 7.31. The first kappa shape index (κ1) is 13.9. The minimum Gasteiger partial charge on any atom is -0.411 e. The van der Waals surface area contributed by atoms with Crippen molar-refractivity contribution in [3.8, 4) is 0 Å². The van der Waals surface area contributed by atoms with E-state index < -0.39 is 0 Å². The van der Waals surface area contributed by atoms with Gasteiger partial charge in [0.05, 0.1) is 5.71 Å². The van der Waals surface area contributed by atoms with Gasteiger partial charge in [0, 0.05) is 24.3 Å². The Hall–Kier alpha value is -1.51. The van der Waals surface area contributed by atoms with Gasteiger partial charge in [0.15, 0.2) is 0 Å². The lowest BCUT2D eigenvalue weighted by Crippen LogP contribution is -2.29. The number of rotatable bonds is 4. The molecule has 3 nitrogen and oxygen atoms in total. The first-order chi connectivity index (χ1) is 9.26. The van der Waals surface area contributed by atoms with Gasteiger partial charge >= 0.3 is 0 Å². The number of fused-ring (bicyclic) bond motifs is 1. The molecule has 1 atom stereocenters. The largest absolute Gasteiger partial charge is 0.411 e. The average molecular weight is 260 g/mol. The zero-order valence-electron chi connectivity index (χ0n) is 12.0. The monoisotopic (exact) mass is 260 g/mol. The molecule has 1 N–H and O–H groups in total. The van der Waals surface area contributed by atoms with Gasteiger partial charge in [-0.25, -0.2) is 0 Å². The summed E-state index contributed by atoms with van der Waals surface area (Å²) in [6, 6.07) is 8.29. The lowest BCUT2D eigenvalue weighted by Gasteiger charge is -2.27. The van der Waals surface area contributed by atoms with Crippen molar-refractivity contribution in [3.05, 3.63) is 29.8 Å². The Kier molecular flexibility index (Phi) is 4.83. The zero-order chi connectivity index (χ0) is 13.7. The molecular formula is C16H24N2O. The van der Waals surface area contributed by atoms with Crippen molar-refractivity contribution < 1.29 is 5.21 Å². The molecule has 3 heteroatoms. The number of hydrogen-bond donors (Lipinski definition) is 1. The third-order valence-electron chi connectivity index (χ3n) is 3.83. The third-order valence-corrected chi connectivity index (χ3v) is 3.83. The van der Waals surface area contributed by atoms with E-state index in [1.807, 2.05) is 6.07 Å². The van der Waals surface area contributed by atoms with Crippen LogP contribution in [0, 0.1) is 5.92 Å². The molecule has 1 aromatic carbocycles. The van der Waals surface area contributed by atoms with Crippen LogP contribution in [0.15, 0.2) is 29.4 Å². The van der Waals surface area contributed by atoms with Crippen molar-refractivity contribution in [2.24, 2.45) is 11.1 Å². The molecule has 0 saturated carbocycles. The number of benzene rings is 1. The molecule has 0 aromatic heterocycles. The molecule has 0 radical (unpaired) electrons. The molecule has 1 aliphatic heterocycles. The van der Waals surface area contributed by atoms with E-state index in [1.165, 1.54) is 18.5 Å². The Morgan fingerprint density at radius 1 is 1.37 bits per heavy atom. The normalized spacial score (nSPS) is 19.1. The lowest BCUT2D eigenvalue weighted by molar-refractivity contribution is 0.318. The fourth-order valence-corrected chi connectivity index (χ4v) is 2.94. The summed E-state index contributed by atoms with van der Waals surface area (Å²) in [5, 5.41) is 12.7. The summed E-state index contributed by atoms with van der Waals surface area (Å²) >= 11 is 0. The predicted molar refractivity (Wildman–Crippen MR) is 80.3 cm³/mol. The summed E-state index contributed by atoms with van der Waals surface area (Å²) in [7, 11) is 0. The van der Waals surface area contributed by atoms with Crippen molar-refractivity contribution in [1.29, 1.82) is 0 Å². The highest BCUT2D eigenvalue weighted by molar-refractivity contribution is 6.05. The number of anilines is 1. The topological polar surface area (TPSA) is 35.8 Å². The Bertz CT molecular complexity index is 442. The summed E-state index contributed by atoms with van der Waals surface area (Å²) in [6.07, 6.45) is 4.40. The van der Waals surface area contributed by atoms with Crippen molar-refractivity contribution in [3.63, 3.8) is 0 Å². The van der Waals surface area contributed by atoms with Gasteiger partial charge in [0.25, 0.3) is 0 Å². The molecule has 1 heterocycles. The van der Waals surface area contributed by atoms with Gasteiger partial charge in [-0.05, 0) is 31.2 Å². The van der Waals surface area contributed by atoms with Gasteiger partial charge in [-0.2, -0.15) is 0 Å². The Labute approximate surface area is 115 Å². The Balaban J connectivity index is 2.25. The molecule has 104 valence electrons. The van der Waals surface area contributed by atoms with Gasteiger partial charge in [-0.3, -0.25) is 0 Å². The van der Waals surface area contributed by atoms with Crippen molar-refractivity contribution >= 4 is 11.4 Å². The molecule has 0 spiro atoms. The predicted octanol–water partition coefficient (Wildman–Crippen LogP) is 3.90. The highest BCUT2D eigenvalue weighted by Gasteiger charge is 2.20. The van der Waals surface area contributed by atoms with Crippen molar-refractivity contribution in [1.82, 2.24) is 0 Å². The van der Waals surface area contributed by atoms with Crippen LogP contribution in [0.25, 0.3) is 0 Å². The summed E-state index contributed by atoms with van der Waals surface area (Å²) in [5.41, 5.74) is 3.13. The van der Waals surface area contributed by atoms with Crippen molar-refractivity contribution in [2.75, 3.05) is 18.0 Å². The molecule has 1 unspecified atom stereocenters. The second-order valence-electron chi connectivity index (χ2n) is 5.51. The minimum atomic E-state index is 0.700. The van der Waals surface area contributed by atoms with Crippen LogP contribution >= 0.6 is 0 Å². The van der Waals surface area contributed by atoms with E-state index in [9.17, 15) is 5.21 Å². The van der Waals surface area contributed by atoms with Gasteiger partial charge in [-0.1, -0.05) is 43.6 Å². The standard InChI is InChI=1S/C16H24N2O/c1-3-7-13(2)12-18-11-6-9-15(17-19)14-8-4-5-10-16(14)18/h4-5,8,10,13,19H,3,6-7,9,11-12H2,1-2H3/b17-15-. The number of oxime groups is 1. The maximum Gasteiger partial charge on any atom is 0.0889 e. The first-order valence-electron chi connectivity index (χ1n) is 7.31. The summed E-state index contributed by atoms with van der Waals surface area (Å²) in [6.45, 7) is 6.69. The third kappa shape index (κ3) is 3.28. The van der Waals surface area contributed by atoms with Crippen LogP contribution < -0.4 is 4.90 Å². The van der Waals surface area contributed by atoms with Gasteiger partial charge < -0.3 is 10.1 Å². The molecule has 1 aliphatic rings. The van der Waals surface area contributed by atoms with Crippen LogP contribution in [-0.4, -0.2) is 24.0 Å². The molecule has 2 rings (SSSR count). The summed E-state index contributed by atoms with van der Waals surface area (Å²) < 4.78 is 0. The number of para-hydroxylation sites is 1. The van der Waals surface area contributed by atoms with Crippen LogP contribution in [0.4, 0.5) is 5.69 Å². The second-order valence-corrected chi connectivity index (χ2v) is 5.51. The molecule has 0 bridgehead atoms. The fourth-order valence-electron chi connectivity index (χ4n) is 2.94. The highest BCUT2D eigenvalue weighted by atomic mass is 16.4. The molecule has 19 heavy (non-hydrogen) atoms. The van der Waals surface area contributed by atoms with Crippen LogP contribution in [-0.2, 0) is 0 Å². The van der Waals surface area contributed by atoms with Gasteiger partial charge in [0.2, 0.25) is 0 Å². The van der Waals surface area contributed by atoms with Crippen molar-refractivity contribution in [2.45, 2.75) is 39.5 Å². The van der Waals surface area contributed by atoms with E-state index in [0.717, 1.165) is 37.2 Å². The fraction of sp³-hybridized carbons (Fsp3) is 0.562. The molecule has 0 saturated heterocycles. The average Bonchev–Trinajstić information content (AvgIpc) is 2.59. The van der Waals surface area contributed by atoms with E-state index >= 15 is 0 Å². The number of hydrogen-bond acceptors (Lipinski definition) is 3. The smallest absolute Gasteiger partial charge is 0.0889 e. The molecule has 0 fully saturated rings. The van der Waals surface area contributed by atoms with E-state index in [-0.39, 0.29) is 0 Å². The zero-order valence-corrected chi connectivity index (χ0v) is 12.0. The highest BCUT2D eigenvalue weighted by Crippen LogP contribution is 2.27.